The maximum absolute atomic E-state index is 12.1. The monoisotopic (exact) mass is 369 g/mol. The zero-order chi connectivity index (χ0) is 21.6. The molecule has 2 bridgehead atoms. The highest BCUT2D eigenvalue weighted by molar-refractivity contribution is 5.85. The van der Waals surface area contributed by atoms with Gasteiger partial charge >= 0.3 is 5.97 Å². The molecule has 1 spiro atoms. The number of piperidine rings is 1. The third-order valence-electron chi connectivity index (χ3n) is 6.10. The minimum Gasteiger partial charge on any atom is -0.504 e. The number of carbonyl (C=O) groups is 1. The van der Waals surface area contributed by atoms with Gasteiger partial charge in [0.05, 0.1) is 0 Å². The van der Waals surface area contributed by atoms with Crippen LogP contribution in [0.15, 0.2) is 24.3 Å². The number of carbonyl (C=O) groups excluding carboxylic acids is 1. The molecule has 25 heavy (non-hydrogen) atoms. The van der Waals surface area contributed by atoms with Crippen LogP contribution in [0.2, 0.25) is 0 Å². The SMILES string of the molecule is Cl.[2H]C([2H])([2H])C(=O)O[C@H]1C=C[C@H]2[C@H]3Cc4ccc(O)c5c4[C@@]2(CCN3C([2H])([2H])[2H])[C@H]1O5. The number of nitrogens with zero attached hydrogens (tertiary/aromatic N) is 1. The summed E-state index contributed by atoms with van der Waals surface area (Å²) >= 11 is 0. The highest BCUT2D eigenvalue weighted by Gasteiger charge is 2.64. The molecule has 134 valence electrons. The molecule has 2 aliphatic carbocycles. The number of ether oxygens (including phenoxy) is 2. The molecule has 0 unspecified atom stereocenters. The van der Waals surface area contributed by atoms with Gasteiger partial charge in [0.15, 0.2) is 17.6 Å². The second-order valence-corrected chi connectivity index (χ2v) is 7.02. The Bertz CT molecular complexity index is 964. The molecule has 1 N–H and O–H groups in total. The standard InChI is InChI=1S/C19H21NO4.ClH/c1-10(21)23-15-6-4-12-13-9-11-3-5-14(22)17-16(11)19(12,18(15)24-17)7-8-20(13)2;/h3-6,12-13,15,18,22H,7-9H2,1-2H3;1H/t12-,13+,15-,18-,19-;/m0./s1/i1D3,2D3;. The number of phenolic OH excluding ortho intramolecular Hbond substituents is 1. The lowest BCUT2D eigenvalue weighted by Crippen LogP contribution is -2.65. The van der Waals surface area contributed by atoms with Gasteiger partial charge in [0.1, 0.15) is 6.10 Å². The number of aromatic hydroxyl groups is 1. The van der Waals surface area contributed by atoms with Crippen molar-refractivity contribution in [2.45, 2.75) is 43.4 Å². The molecule has 0 aromatic heterocycles. The molecule has 1 fully saturated rings. The first-order chi connectivity index (χ1) is 13.9. The van der Waals surface area contributed by atoms with Gasteiger partial charge in [-0.1, -0.05) is 12.1 Å². The van der Waals surface area contributed by atoms with E-state index in [1.165, 1.54) is 11.0 Å². The summed E-state index contributed by atoms with van der Waals surface area (Å²) in [5.74, 6) is -1.26. The molecule has 0 radical (unpaired) electrons. The van der Waals surface area contributed by atoms with Gasteiger partial charge in [0, 0.05) is 38.0 Å². The minimum absolute atomic E-state index is 0. The van der Waals surface area contributed by atoms with Crippen LogP contribution in [0.4, 0.5) is 0 Å². The summed E-state index contributed by atoms with van der Waals surface area (Å²) in [6.07, 6.45) is 2.66. The van der Waals surface area contributed by atoms with E-state index in [1.54, 1.807) is 12.1 Å². The predicted octanol–water partition coefficient (Wildman–Crippen LogP) is 2.19. The predicted molar refractivity (Wildman–Crippen MR) is 94.4 cm³/mol. The minimum atomic E-state index is -2.90. The van der Waals surface area contributed by atoms with E-state index in [-0.39, 0.29) is 30.1 Å². The first-order valence-corrected chi connectivity index (χ1v) is 8.13. The van der Waals surface area contributed by atoms with Crippen LogP contribution in [0, 0.1) is 5.92 Å². The van der Waals surface area contributed by atoms with Crippen molar-refractivity contribution in [3.05, 3.63) is 35.4 Å². The number of hydrogen-bond donors (Lipinski definition) is 1. The first kappa shape index (κ1) is 11.1. The highest BCUT2D eigenvalue weighted by atomic mass is 35.5. The Labute approximate surface area is 161 Å². The van der Waals surface area contributed by atoms with Crippen molar-refractivity contribution in [2.75, 3.05) is 13.5 Å². The Morgan fingerprint density at radius 2 is 2.36 bits per heavy atom. The topological polar surface area (TPSA) is 59.0 Å². The molecule has 1 aromatic rings. The summed E-state index contributed by atoms with van der Waals surface area (Å²) in [7, 11) is 0. The van der Waals surface area contributed by atoms with Gasteiger partial charge in [-0.25, -0.2) is 0 Å². The molecule has 2 aliphatic heterocycles. The van der Waals surface area contributed by atoms with Crippen molar-refractivity contribution < 1.29 is 27.6 Å². The Balaban J connectivity index is 0.00000231. The Morgan fingerprint density at radius 3 is 3.16 bits per heavy atom. The average Bonchev–Trinajstić information content (AvgIpc) is 2.97. The van der Waals surface area contributed by atoms with Crippen molar-refractivity contribution in [1.82, 2.24) is 4.90 Å². The molecule has 5 nitrogen and oxygen atoms in total. The summed E-state index contributed by atoms with van der Waals surface area (Å²) in [5.41, 5.74) is 1.04. The molecule has 5 rings (SSSR count). The summed E-state index contributed by atoms with van der Waals surface area (Å²) in [4.78, 5) is 13.6. The van der Waals surface area contributed by atoms with Crippen molar-refractivity contribution in [1.29, 1.82) is 0 Å². The normalized spacial score (nSPS) is 41.4. The van der Waals surface area contributed by atoms with E-state index in [4.69, 9.17) is 17.7 Å². The molecule has 0 amide bonds. The van der Waals surface area contributed by atoms with Crippen molar-refractivity contribution in [2.24, 2.45) is 5.92 Å². The molecule has 5 atom stereocenters. The van der Waals surface area contributed by atoms with E-state index >= 15 is 0 Å². The Morgan fingerprint density at radius 1 is 1.48 bits per heavy atom. The van der Waals surface area contributed by atoms with Crippen LogP contribution < -0.4 is 4.74 Å². The Hall–Kier alpha value is -1.72. The lowest BCUT2D eigenvalue weighted by Gasteiger charge is -2.56. The summed E-state index contributed by atoms with van der Waals surface area (Å²) in [6, 6.07) is 3.00. The lowest BCUT2D eigenvalue weighted by molar-refractivity contribution is -0.152. The first-order valence-electron chi connectivity index (χ1n) is 11.1. The number of likely N-dealkylation sites (N-methyl/N-ethyl adjacent to an activating group) is 1. The van der Waals surface area contributed by atoms with E-state index in [0.29, 0.717) is 25.1 Å². The van der Waals surface area contributed by atoms with E-state index in [2.05, 4.69) is 0 Å². The van der Waals surface area contributed by atoms with Gasteiger partial charge in [-0.05, 0) is 44.1 Å². The van der Waals surface area contributed by atoms with Gasteiger partial charge in [-0.15, -0.1) is 12.4 Å². The number of phenols is 1. The third-order valence-corrected chi connectivity index (χ3v) is 6.10. The molecule has 0 saturated carbocycles. The number of benzene rings is 1. The second-order valence-electron chi connectivity index (χ2n) is 7.02. The van der Waals surface area contributed by atoms with Crippen LogP contribution in [0.25, 0.3) is 0 Å². The van der Waals surface area contributed by atoms with E-state index in [1.807, 2.05) is 6.08 Å². The number of esters is 1. The van der Waals surface area contributed by atoms with Crippen LogP contribution in [0.5, 0.6) is 11.5 Å². The largest absolute Gasteiger partial charge is 0.504 e. The van der Waals surface area contributed by atoms with Crippen LogP contribution in [0.3, 0.4) is 0 Å². The van der Waals surface area contributed by atoms with Crippen molar-refractivity contribution in [3.8, 4) is 11.5 Å². The number of likely N-dealkylation sites (tertiary alicyclic amines) is 1. The van der Waals surface area contributed by atoms with Gasteiger partial charge < -0.3 is 19.5 Å². The lowest BCUT2D eigenvalue weighted by atomic mass is 9.53. The van der Waals surface area contributed by atoms with Gasteiger partial charge in [0.2, 0.25) is 0 Å². The van der Waals surface area contributed by atoms with Crippen LogP contribution in [-0.2, 0) is 21.4 Å². The maximum atomic E-state index is 12.1. The molecular formula is C19H22ClNO4. The fourth-order valence-electron chi connectivity index (χ4n) is 5.26. The van der Waals surface area contributed by atoms with Gasteiger partial charge in [-0.3, -0.25) is 4.79 Å². The quantitative estimate of drug-likeness (QED) is 0.607. The molecule has 1 aromatic carbocycles. The molecular weight excluding hydrogens is 342 g/mol. The zero-order valence-corrected chi connectivity index (χ0v) is 14.1. The van der Waals surface area contributed by atoms with Crippen molar-refractivity contribution >= 4 is 18.4 Å². The molecule has 1 saturated heterocycles. The van der Waals surface area contributed by atoms with Crippen LogP contribution in [0.1, 0.15) is 32.6 Å². The van der Waals surface area contributed by atoms with E-state index < -0.39 is 37.4 Å². The maximum Gasteiger partial charge on any atom is 0.303 e. The summed E-state index contributed by atoms with van der Waals surface area (Å²) < 4.78 is 57.3. The average molecular weight is 370 g/mol. The summed E-state index contributed by atoms with van der Waals surface area (Å²) in [6.45, 7) is -4.86. The molecule has 2 heterocycles. The van der Waals surface area contributed by atoms with E-state index in [0.717, 1.165) is 11.1 Å². The van der Waals surface area contributed by atoms with Gasteiger partial charge in [-0.2, -0.15) is 0 Å². The zero-order valence-electron chi connectivity index (χ0n) is 19.3. The van der Waals surface area contributed by atoms with E-state index in [9.17, 15) is 9.90 Å². The molecule has 6 heteroatoms. The highest BCUT2D eigenvalue weighted by Crippen LogP contribution is 2.62. The van der Waals surface area contributed by atoms with Crippen molar-refractivity contribution in [3.63, 3.8) is 0 Å². The smallest absolute Gasteiger partial charge is 0.303 e. The summed E-state index contributed by atoms with van der Waals surface area (Å²) in [5, 5.41) is 10.4. The van der Waals surface area contributed by atoms with Crippen LogP contribution in [-0.4, -0.2) is 47.7 Å². The van der Waals surface area contributed by atoms with Crippen LogP contribution >= 0.6 is 12.4 Å². The molecule has 4 aliphatic rings. The fourth-order valence-corrected chi connectivity index (χ4v) is 5.26. The third kappa shape index (κ3) is 1.97. The number of rotatable bonds is 1. The fraction of sp³-hybridized carbons (Fsp3) is 0.526. The number of halogens is 1. The second kappa shape index (κ2) is 5.39. The number of hydrogen-bond acceptors (Lipinski definition) is 5. The van der Waals surface area contributed by atoms with Gasteiger partial charge in [0.25, 0.3) is 0 Å². The Kier molecular flexibility index (Phi) is 2.39.